The highest BCUT2D eigenvalue weighted by atomic mass is 19.1. The van der Waals surface area contributed by atoms with Crippen molar-refractivity contribution in [3.63, 3.8) is 0 Å². The summed E-state index contributed by atoms with van der Waals surface area (Å²) in [6.45, 7) is 3.91. The third kappa shape index (κ3) is 4.74. The maximum Gasteiger partial charge on any atom is 0.220 e. The number of halogens is 1. The largest absolute Gasteiger partial charge is 0.350 e. The van der Waals surface area contributed by atoms with E-state index in [4.69, 9.17) is 0 Å². The molecule has 1 atom stereocenters. The summed E-state index contributed by atoms with van der Waals surface area (Å²) in [7, 11) is 0. The van der Waals surface area contributed by atoms with Crippen LogP contribution in [0.5, 0.6) is 0 Å². The van der Waals surface area contributed by atoms with Crippen molar-refractivity contribution in [2.75, 3.05) is 0 Å². The summed E-state index contributed by atoms with van der Waals surface area (Å²) in [5, 5.41) is 2.90. The maximum absolute atomic E-state index is 12.8. The van der Waals surface area contributed by atoms with Crippen molar-refractivity contribution in [2.24, 2.45) is 0 Å². The number of hydrogen-bond donors (Lipinski definition) is 1. The van der Waals surface area contributed by atoms with Gasteiger partial charge < -0.3 is 5.32 Å². The van der Waals surface area contributed by atoms with Crippen LogP contribution >= 0.6 is 0 Å². The van der Waals surface area contributed by atoms with Gasteiger partial charge in [-0.1, -0.05) is 24.3 Å². The van der Waals surface area contributed by atoms with E-state index in [0.29, 0.717) is 5.56 Å². The minimum atomic E-state index is -0.383. The second-order valence-electron chi connectivity index (χ2n) is 5.58. The van der Waals surface area contributed by atoms with E-state index in [2.05, 4.69) is 5.32 Å². The SMILES string of the molecule is Cc1ccccc1C(C)NC(=O)CCC(=O)c1ccc(F)cc1. The van der Waals surface area contributed by atoms with Gasteiger partial charge in [0.25, 0.3) is 0 Å². The van der Waals surface area contributed by atoms with Gasteiger partial charge >= 0.3 is 0 Å². The number of rotatable bonds is 6. The lowest BCUT2D eigenvalue weighted by molar-refractivity contribution is -0.121. The van der Waals surface area contributed by atoms with E-state index in [1.165, 1.54) is 24.3 Å². The van der Waals surface area contributed by atoms with Crippen molar-refractivity contribution in [3.05, 3.63) is 71.0 Å². The van der Waals surface area contributed by atoms with E-state index in [0.717, 1.165) is 11.1 Å². The summed E-state index contributed by atoms with van der Waals surface area (Å²) >= 11 is 0. The molecule has 0 saturated carbocycles. The Labute approximate surface area is 135 Å². The summed E-state index contributed by atoms with van der Waals surface area (Å²) in [5.74, 6) is -0.716. The summed E-state index contributed by atoms with van der Waals surface area (Å²) in [6.07, 6.45) is 0.227. The van der Waals surface area contributed by atoms with E-state index < -0.39 is 0 Å². The van der Waals surface area contributed by atoms with Crippen molar-refractivity contribution >= 4 is 11.7 Å². The third-order valence-electron chi connectivity index (χ3n) is 3.78. The Morgan fingerprint density at radius 3 is 2.35 bits per heavy atom. The van der Waals surface area contributed by atoms with Crippen LogP contribution in [0.2, 0.25) is 0 Å². The van der Waals surface area contributed by atoms with Crippen molar-refractivity contribution < 1.29 is 14.0 Å². The van der Waals surface area contributed by atoms with E-state index in [1.54, 1.807) is 0 Å². The Kier molecular flexibility index (Phi) is 5.63. The molecule has 2 aromatic rings. The number of aryl methyl sites for hydroxylation is 1. The van der Waals surface area contributed by atoms with Crippen LogP contribution in [0, 0.1) is 12.7 Å². The van der Waals surface area contributed by atoms with Gasteiger partial charge in [0.2, 0.25) is 5.91 Å². The highest BCUT2D eigenvalue weighted by Crippen LogP contribution is 2.17. The quantitative estimate of drug-likeness (QED) is 0.820. The first-order chi connectivity index (χ1) is 11.0. The molecule has 120 valence electrons. The molecule has 0 bridgehead atoms. The van der Waals surface area contributed by atoms with Gasteiger partial charge in [-0.25, -0.2) is 4.39 Å². The fourth-order valence-electron chi connectivity index (χ4n) is 2.47. The normalized spacial score (nSPS) is 11.8. The number of Topliss-reactive ketones (excluding diaryl/α,β-unsaturated/α-hetero) is 1. The molecule has 0 aliphatic rings. The first-order valence-electron chi connectivity index (χ1n) is 7.61. The van der Waals surface area contributed by atoms with Crippen molar-refractivity contribution in [1.29, 1.82) is 0 Å². The molecule has 0 heterocycles. The van der Waals surface area contributed by atoms with Crippen molar-refractivity contribution in [2.45, 2.75) is 32.7 Å². The number of amides is 1. The van der Waals surface area contributed by atoms with Gasteiger partial charge in [-0.3, -0.25) is 9.59 Å². The Morgan fingerprint density at radius 1 is 1.04 bits per heavy atom. The molecule has 3 nitrogen and oxygen atoms in total. The van der Waals surface area contributed by atoms with E-state index in [9.17, 15) is 14.0 Å². The van der Waals surface area contributed by atoms with Crippen LogP contribution in [0.4, 0.5) is 4.39 Å². The number of ketones is 1. The van der Waals surface area contributed by atoms with Gasteiger partial charge in [0.05, 0.1) is 6.04 Å². The minimum Gasteiger partial charge on any atom is -0.350 e. The molecule has 23 heavy (non-hydrogen) atoms. The number of nitrogens with one attached hydrogen (secondary N) is 1. The Bertz CT molecular complexity index is 695. The molecule has 0 aliphatic carbocycles. The van der Waals surface area contributed by atoms with E-state index >= 15 is 0 Å². The van der Waals surface area contributed by atoms with E-state index in [1.807, 2.05) is 38.1 Å². The number of carbonyl (C=O) groups is 2. The minimum absolute atomic E-state index is 0.107. The molecule has 1 unspecified atom stereocenters. The van der Waals surface area contributed by atoms with Gasteiger partial charge in [0.15, 0.2) is 5.78 Å². The summed E-state index contributed by atoms with van der Waals surface area (Å²) in [6, 6.07) is 13.1. The summed E-state index contributed by atoms with van der Waals surface area (Å²) in [4.78, 5) is 24.0. The Balaban J connectivity index is 1.86. The molecule has 0 radical (unpaired) electrons. The van der Waals surface area contributed by atoms with Gasteiger partial charge in [0, 0.05) is 18.4 Å². The highest BCUT2D eigenvalue weighted by Gasteiger charge is 2.13. The average Bonchev–Trinajstić information content (AvgIpc) is 2.53. The lowest BCUT2D eigenvalue weighted by atomic mass is 10.0. The van der Waals surface area contributed by atoms with Gasteiger partial charge in [-0.15, -0.1) is 0 Å². The highest BCUT2D eigenvalue weighted by molar-refractivity contribution is 5.97. The topological polar surface area (TPSA) is 46.2 Å². The molecule has 0 fully saturated rings. The maximum atomic E-state index is 12.8. The predicted octanol–water partition coefficient (Wildman–Crippen LogP) is 3.97. The van der Waals surface area contributed by atoms with Crippen LogP contribution < -0.4 is 5.32 Å². The zero-order valence-electron chi connectivity index (χ0n) is 13.3. The Hall–Kier alpha value is -2.49. The molecule has 1 N–H and O–H groups in total. The number of hydrogen-bond acceptors (Lipinski definition) is 2. The summed E-state index contributed by atoms with van der Waals surface area (Å²) in [5.41, 5.74) is 2.60. The van der Waals surface area contributed by atoms with Crippen LogP contribution in [0.1, 0.15) is 47.3 Å². The molecular formula is C19H20FNO2. The fraction of sp³-hybridized carbons (Fsp3) is 0.263. The zero-order valence-corrected chi connectivity index (χ0v) is 13.3. The van der Waals surface area contributed by atoms with Crippen LogP contribution in [0.15, 0.2) is 48.5 Å². The van der Waals surface area contributed by atoms with Crippen LogP contribution in [0.25, 0.3) is 0 Å². The average molecular weight is 313 g/mol. The second kappa shape index (κ2) is 7.68. The lowest BCUT2D eigenvalue weighted by Gasteiger charge is -2.16. The molecule has 0 saturated heterocycles. The second-order valence-corrected chi connectivity index (χ2v) is 5.58. The molecule has 2 aromatic carbocycles. The van der Waals surface area contributed by atoms with Crippen LogP contribution in [-0.2, 0) is 4.79 Å². The molecule has 0 aromatic heterocycles. The first-order valence-corrected chi connectivity index (χ1v) is 7.61. The molecular weight excluding hydrogens is 293 g/mol. The standard InChI is InChI=1S/C19H20FNO2/c1-13-5-3-4-6-17(13)14(2)21-19(23)12-11-18(22)15-7-9-16(20)10-8-15/h3-10,14H,11-12H2,1-2H3,(H,21,23). The smallest absolute Gasteiger partial charge is 0.220 e. The van der Waals surface area contributed by atoms with Gasteiger partial charge in [0.1, 0.15) is 5.82 Å². The molecule has 4 heteroatoms. The fourth-order valence-corrected chi connectivity index (χ4v) is 2.47. The monoisotopic (exact) mass is 313 g/mol. The molecule has 0 spiro atoms. The van der Waals surface area contributed by atoms with Crippen molar-refractivity contribution in [1.82, 2.24) is 5.32 Å². The van der Waals surface area contributed by atoms with Crippen molar-refractivity contribution in [3.8, 4) is 0 Å². The lowest BCUT2D eigenvalue weighted by Crippen LogP contribution is -2.27. The number of carbonyl (C=O) groups excluding carboxylic acids is 2. The number of benzene rings is 2. The van der Waals surface area contributed by atoms with Crippen LogP contribution in [0.3, 0.4) is 0 Å². The predicted molar refractivity (Wildman–Crippen MR) is 87.7 cm³/mol. The third-order valence-corrected chi connectivity index (χ3v) is 3.78. The molecule has 1 amide bonds. The Morgan fingerprint density at radius 2 is 1.70 bits per heavy atom. The zero-order chi connectivity index (χ0) is 16.8. The van der Waals surface area contributed by atoms with E-state index in [-0.39, 0.29) is 36.4 Å². The van der Waals surface area contributed by atoms with Crippen LogP contribution in [-0.4, -0.2) is 11.7 Å². The first kappa shape index (κ1) is 16.9. The summed E-state index contributed by atoms with van der Waals surface area (Å²) < 4.78 is 12.8. The molecule has 2 rings (SSSR count). The van der Waals surface area contributed by atoms with Gasteiger partial charge in [-0.2, -0.15) is 0 Å². The van der Waals surface area contributed by atoms with Gasteiger partial charge in [-0.05, 0) is 49.2 Å². The molecule has 0 aliphatic heterocycles.